The summed E-state index contributed by atoms with van der Waals surface area (Å²) in [6.07, 6.45) is 3.36. The summed E-state index contributed by atoms with van der Waals surface area (Å²) in [5.41, 5.74) is 3.49. The van der Waals surface area contributed by atoms with Crippen LogP contribution in [-0.2, 0) is 0 Å². The molecule has 3 heteroatoms. The van der Waals surface area contributed by atoms with Gasteiger partial charge in [-0.1, -0.05) is 31.5 Å². The van der Waals surface area contributed by atoms with Crippen LogP contribution in [0.15, 0.2) is 30.6 Å². The number of rotatable bonds is 1. The van der Waals surface area contributed by atoms with Gasteiger partial charge in [0.15, 0.2) is 0 Å². The minimum Gasteiger partial charge on any atom is -0.157 e. The van der Waals surface area contributed by atoms with E-state index in [9.17, 15) is 0 Å². The molecular weight excluding hydrogens is 186 g/mol. The summed E-state index contributed by atoms with van der Waals surface area (Å²) < 4.78 is 0. The topological polar surface area (TPSA) is 30.7 Å². The number of aryl methyl sites for hydroxylation is 2. The molecule has 0 radical (unpaired) electrons. The second-order valence-electron chi connectivity index (χ2n) is 3.11. The van der Waals surface area contributed by atoms with E-state index in [1.54, 1.807) is 17.2 Å². The van der Waals surface area contributed by atoms with Crippen LogP contribution in [0, 0.1) is 13.8 Å². The summed E-state index contributed by atoms with van der Waals surface area (Å²) in [6, 6.07) is 6.22. The standard InChI is InChI=1S/C10H11N3.C2H6/c1-8-3-4-10(9(2)7-8)13-11-5-6-12-13;1-2/h3-7H,1-2H3;1-2H3. The van der Waals surface area contributed by atoms with Crippen molar-refractivity contribution in [1.29, 1.82) is 0 Å². The van der Waals surface area contributed by atoms with Gasteiger partial charge >= 0.3 is 0 Å². The lowest BCUT2D eigenvalue weighted by Crippen LogP contribution is -2.00. The Hall–Kier alpha value is -1.64. The van der Waals surface area contributed by atoms with Gasteiger partial charge in [0.05, 0.1) is 18.1 Å². The van der Waals surface area contributed by atoms with Gasteiger partial charge in [-0.05, 0) is 25.5 Å². The van der Waals surface area contributed by atoms with Crippen molar-refractivity contribution in [1.82, 2.24) is 15.0 Å². The molecule has 0 bridgehead atoms. The van der Waals surface area contributed by atoms with Crippen LogP contribution in [0.1, 0.15) is 25.0 Å². The van der Waals surface area contributed by atoms with Crippen LogP contribution in [0.25, 0.3) is 5.69 Å². The summed E-state index contributed by atoms with van der Waals surface area (Å²) in [4.78, 5) is 1.63. The Bertz CT molecular complexity index is 405. The molecule has 15 heavy (non-hydrogen) atoms. The molecule has 0 aliphatic rings. The van der Waals surface area contributed by atoms with E-state index in [1.807, 2.05) is 19.9 Å². The smallest absolute Gasteiger partial charge is 0.0885 e. The predicted octanol–water partition coefficient (Wildman–Crippen LogP) is 2.91. The molecule has 80 valence electrons. The summed E-state index contributed by atoms with van der Waals surface area (Å²) >= 11 is 0. The lowest BCUT2D eigenvalue weighted by Gasteiger charge is -2.04. The Morgan fingerprint density at radius 1 is 1.00 bits per heavy atom. The first kappa shape index (κ1) is 11.4. The minimum absolute atomic E-state index is 1.04. The number of aromatic nitrogens is 3. The molecule has 2 aromatic rings. The van der Waals surface area contributed by atoms with Gasteiger partial charge in [-0.3, -0.25) is 0 Å². The highest BCUT2D eigenvalue weighted by Gasteiger charge is 2.00. The zero-order chi connectivity index (χ0) is 11.3. The van der Waals surface area contributed by atoms with Crippen molar-refractivity contribution in [2.24, 2.45) is 0 Å². The fourth-order valence-corrected chi connectivity index (χ4v) is 1.37. The lowest BCUT2D eigenvalue weighted by molar-refractivity contribution is 0.747. The summed E-state index contributed by atoms with van der Waals surface area (Å²) in [6.45, 7) is 8.14. The Balaban J connectivity index is 0.000000531. The maximum atomic E-state index is 4.08. The molecule has 0 atom stereocenters. The first-order valence-corrected chi connectivity index (χ1v) is 5.21. The van der Waals surface area contributed by atoms with Gasteiger partial charge in [-0.15, -0.1) is 0 Å². The van der Waals surface area contributed by atoms with E-state index in [0.717, 1.165) is 5.69 Å². The van der Waals surface area contributed by atoms with Crippen LogP contribution in [0.5, 0.6) is 0 Å². The normalized spacial score (nSPS) is 9.33. The highest BCUT2D eigenvalue weighted by Crippen LogP contribution is 2.12. The third-order valence-electron chi connectivity index (χ3n) is 1.99. The molecule has 0 amide bonds. The first-order chi connectivity index (χ1) is 7.27. The molecule has 0 fully saturated rings. The number of hydrogen-bond acceptors (Lipinski definition) is 2. The molecule has 0 spiro atoms. The van der Waals surface area contributed by atoms with E-state index in [-0.39, 0.29) is 0 Å². The second kappa shape index (κ2) is 5.29. The van der Waals surface area contributed by atoms with Gasteiger partial charge in [-0.2, -0.15) is 15.0 Å². The molecule has 3 nitrogen and oxygen atoms in total. The largest absolute Gasteiger partial charge is 0.157 e. The van der Waals surface area contributed by atoms with Crippen LogP contribution < -0.4 is 0 Å². The highest BCUT2D eigenvalue weighted by molar-refractivity contribution is 5.40. The van der Waals surface area contributed by atoms with E-state index >= 15 is 0 Å². The molecule has 1 aromatic carbocycles. The Labute approximate surface area is 90.7 Å². The van der Waals surface area contributed by atoms with Crippen molar-refractivity contribution in [2.45, 2.75) is 27.7 Å². The fraction of sp³-hybridized carbons (Fsp3) is 0.333. The van der Waals surface area contributed by atoms with Crippen LogP contribution >= 0.6 is 0 Å². The molecule has 0 saturated heterocycles. The molecule has 0 saturated carbocycles. The zero-order valence-corrected chi connectivity index (χ0v) is 9.73. The van der Waals surface area contributed by atoms with E-state index in [1.165, 1.54) is 11.1 Å². The van der Waals surface area contributed by atoms with Crippen LogP contribution in [0.4, 0.5) is 0 Å². The van der Waals surface area contributed by atoms with Crippen molar-refractivity contribution in [2.75, 3.05) is 0 Å². The van der Waals surface area contributed by atoms with E-state index in [0.29, 0.717) is 0 Å². The van der Waals surface area contributed by atoms with E-state index in [2.05, 4.69) is 36.2 Å². The molecule has 1 aromatic heterocycles. The van der Waals surface area contributed by atoms with Crippen LogP contribution in [-0.4, -0.2) is 15.0 Å². The molecule has 1 heterocycles. The Kier molecular flexibility index (Phi) is 4.03. The molecule has 2 rings (SSSR count). The minimum atomic E-state index is 1.04. The number of hydrogen-bond donors (Lipinski definition) is 0. The van der Waals surface area contributed by atoms with Crippen molar-refractivity contribution in [3.8, 4) is 5.69 Å². The third-order valence-corrected chi connectivity index (χ3v) is 1.99. The van der Waals surface area contributed by atoms with Gasteiger partial charge < -0.3 is 0 Å². The summed E-state index contributed by atoms with van der Waals surface area (Å²) in [7, 11) is 0. The molecule has 0 aliphatic heterocycles. The lowest BCUT2D eigenvalue weighted by atomic mass is 10.1. The first-order valence-electron chi connectivity index (χ1n) is 5.21. The summed E-state index contributed by atoms with van der Waals surface area (Å²) in [5.74, 6) is 0. The van der Waals surface area contributed by atoms with Gasteiger partial charge in [0.2, 0.25) is 0 Å². The van der Waals surface area contributed by atoms with Gasteiger partial charge in [-0.25, -0.2) is 0 Å². The van der Waals surface area contributed by atoms with Gasteiger partial charge in [0.25, 0.3) is 0 Å². The fourth-order valence-electron chi connectivity index (χ4n) is 1.37. The molecule has 0 aliphatic carbocycles. The maximum absolute atomic E-state index is 4.08. The molecule has 0 unspecified atom stereocenters. The second-order valence-corrected chi connectivity index (χ2v) is 3.11. The average Bonchev–Trinajstić information content (AvgIpc) is 2.74. The van der Waals surface area contributed by atoms with E-state index < -0.39 is 0 Å². The van der Waals surface area contributed by atoms with Crippen LogP contribution in [0.2, 0.25) is 0 Å². The predicted molar refractivity (Wildman–Crippen MR) is 62.2 cm³/mol. The number of nitrogens with zero attached hydrogens (tertiary/aromatic N) is 3. The third kappa shape index (κ3) is 2.65. The van der Waals surface area contributed by atoms with E-state index in [4.69, 9.17) is 0 Å². The van der Waals surface area contributed by atoms with Crippen molar-refractivity contribution in [3.05, 3.63) is 41.7 Å². The number of benzene rings is 1. The SMILES string of the molecule is CC.Cc1ccc(-n2nccn2)c(C)c1. The maximum Gasteiger partial charge on any atom is 0.0885 e. The molecular formula is C12H17N3. The molecule has 0 N–H and O–H groups in total. The Morgan fingerprint density at radius 3 is 2.13 bits per heavy atom. The van der Waals surface area contributed by atoms with Gasteiger partial charge in [0, 0.05) is 0 Å². The van der Waals surface area contributed by atoms with Crippen molar-refractivity contribution >= 4 is 0 Å². The Morgan fingerprint density at radius 2 is 1.60 bits per heavy atom. The van der Waals surface area contributed by atoms with Crippen molar-refractivity contribution in [3.63, 3.8) is 0 Å². The zero-order valence-electron chi connectivity index (χ0n) is 9.73. The van der Waals surface area contributed by atoms with Gasteiger partial charge in [0.1, 0.15) is 0 Å². The van der Waals surface area contributed by atoms with Crippen molar-refractivity contribution < 1.29 is 0 Å². The summed E-state index contributed by atoms with van der Waals surface area (Å²) in [5, 5.41) is 8.17. The quantitative estimate of drug-likeness (QED) is 0.713. The monoisotopic (exact) mass is 203 g/mol. The highest BCUT2D eigenvalue weighted by atomic mass is 15.5. The average molecular weight is 203 g/mol. The van der Waals surface area contributed by atoms with Crippen LogP contribution in [0.3, 0.4) is 0 Å².